The Bertz CT molecular complexity index is 745. The highest BCUT2D eigenvalue weighted by molar-refractivity contribution is 7.90. The molecule has 0 saturated carbocycles. The molecule has 0 aliphatic heterocycles. The minimum Gasteiger partial charge on any atom is -0.257 e. The summed E-state index contributed by atoms with van der Waals surface area (Å²) in [5, 5.41) is 0.496. The zero-order valence-electron chi connectivity index (χ0n) is 11.1. The van der Waals surface area contributed by atoms with Gasteiger partial charge in [0.25, 0.3) is 0 Å². The molecule has 7 heteroatoms. The Kier molecular flexibility index (Phi) is 5.15. The van der Waals surface area contributed by atoms with Crippen molar-refractivity contribution < 1.29 is 8.42 Å². The second-order valence-corrected chi connectivity index (χ2v) is 8.18. The summed E-state index contributed by atoms with van der Waals surface area (Å²) in [6, 6.07) is 8.20. The van der Waals surface area contributed by atoms with Crippen molar-refractivity contribution in [3.8, 4) is 0 Å². The minimum atomic E-state index is -3.45. The van der Waals surface area contributed by atoms with Gasteiger partial charge in [-0.15, -0.1) is 0 Å². The predicted molar refractivity (Wildman–Crippen MR) is 86.7 cm³/mol. The Morgan fingerprint density at radius 1 is 1.10 bits per heavy atom. The molecule has 1 atom stereocenters. The standard InChI is InChI=1S/C14H12Cl3NO2S/c1-9(10-2-4-11(15)5-3-10)21(19,20)8-14-13(17)6-12(16)7-18-14/h2-7,9H,8H2,1H3. The molecule has 0 aliphatic rings. The summed E-state index contributed by atoms with van der Waals surface area (Å²) >= 11 is 17.5. The van der Waals surface area contributed by atoms with Gasteiger partial charge in [0, 0.05) is 11.2 Å². The molecular weight excluding hydrogens is 353 g/mol. The van der Waals surface area contributed by atoms with Crippen LogP contribution in [0.5, 0.6) is 0 Å². The van der Waals surface area contributed by atoms with Crippen molar-refractivity contribution in [1.29, 1.82) is 0 Å². The molecule has 0 radical (unpaired) electrons. The van der Waals surface area contributed by atoms with E-state index in [-0.39, 0.29) is 10.8 Å². The number of hydrogen-bond donors (Lipinski definition) is 0. The smallest absolute Gasteiger partial charge is 0.162 e. The molecule has 0 N–H and O–H groups in total. The van der Waals surface area contributed by atoms with Gasteiger partial charge in [-0.1, -0.05) is 46.9 Å². The average molecular weight is 365 g/mol. The monoisotopic (exact) mass is 363 g/mol. The maximum absolute atomic E-state index is 12.5. The predicted octanol–water partition coefficient (Wildman–Crippen LogP) is 4.72. The van der Waals surface area contributed by atoms with Gasteiger partial charge in [-0.2, -0.15) is 0 Å². The van der Waals surface area contributed by atoms with Crippen LogP contribution < -0.4 is 0 Å². The fraction of sp³-hybridized carbons (Fsp3) is 0.214. The largest absolute Gasteiger partial charge is 0.257 e. The SMILES string of the molecule is CC(c1ccc(Cl)cc1)S(=O)(=O)Cc1ncc(Cl)cc1Cl. The zero-order chi connectivity index (χ0) is 15.6. The molecule has 1 aromatic carbocycles. The number of pyridine rings is 1. The van der Waals surface area contributed by atoms with E-state index in [1.807, 2.05) is 0 Å². The highest BCUT2D eigenvalue weighted by atomic mass is 35.5. The Hall–Kier alpha value is -0.810. The Morgan fingerprint density at radius 2 is 1.71 bits per heavy atom. The molecular formula is C14H12Cl3NO2S. The fourth-order valence-electron chi connectivity index (χ4n) is 1.81. The van der Waals surface area contributed by atoms with E-state index in [1.165, 1.54) is 12.3 Å². The van der Waals surface area contributed by atoms with Gasteiger partial charge >= 0.3 is 0 Å². The summed E-state index contributed by atoms with van der Waals surface area (Å²) in [6.07, 6.45) is 1.38. The van der Waals surface area contributed by atoms with Crippen molar-refractivity contribution >= 4 is 44.6 Å². The molecule has 3 nitrogen and oxygen atoms in total. The third kappa shape index (κ3) is 4.10. The topological polar surface area (TPSA) is 47.0 Å². The first-order valence-corrected chi connectivity index (χ1v) is 8.91. The summed E-state index contributed by atoms with van der Waals surface area (Å²) in [5.41, 5.74) is 0.964. The van der Waals surface area contributed by atoms with E-state index in [2.05, 4.69) is 4.98 Å². The molecule has 112 valence electrons. The average Bonchev–Trinajstić information content (AvgIpc) is 2.42. The number of rotatable bonds is 4. The Labute approximate surface area is 138 Å². The Balaban J connectivity index is 2.27. The highest BCUT2D eigenvalue weighted by Gasteiger charge is 2.24. The van der Waals surface area contributed by atoms with E-state index < -0.39 is 15.1 Å². The summed E-state index contributed by atoms with van der Waals surface area (Å²) < 4.78 is 24.9. The summed E-state index contributed by atoms with van der Waals surface area (Å²) in [6.45, 7) is 1.63. The second kappa shape index (κ2) is 6.53. The van der Waals surface area contributed by atoms with E-state index in [4.69, 9.17) is 34.8 Å². The molecule has 21 heavy (non-hydrogen) atoms. The van der Waals surface area contributed by atoms with Crippen LogP contribution in [0.25, 0.3) is 0 Å². The Morgan fingerprint density at radius 3 is 2.29 bits per heavy atom. The summed E-state index contributed by atoms with van der Waals surface area (Å²) in [4.78, 5) is 3.99. The molecule has 0 bridgehead atoms. The van der Waals surface area contributed by atoms with Crippen LogP contribution in [-0.2, 0) is 15.6 Å². The number of aromatic nitrogens is 1. The quantitative estimate of drug-likeness (QED) is 0.788. The molecule has 1 aromatic heterocycles. The third-order valence-electron chi connectivity index (χ3n) is 3.10. The second-order valence-electron chi connectivity index (χ2n) is 4.58. The molecule has 1 unspecified atom stereocenters. The zero-order valence-corrected chi connectivity index (χ0v) is 14.1. The van der Waals surface area contributed by atoms with Crippen LogP contribution in [0.3, 0.4) is 0 Å². The first-order chi connectivity index (χ1) is 9.79. The number of sulfone groups is 1. The van der Waals surface area contributed by atoms with E-state index in [0.29, 0.717) is 21.3 Å². The number of hydrogen-bond acceptors (Lipinski definition) is 3. The van der Waals surface area contributed by atoms with Crippen molar-refractivity contribution in [2.45, 2.75) is 17.9 Å². The van der Waals surface area contributed by atoms with Gasteiger partial charge in [-0.3, -0.25) is 4.98 Å². The molecule has 2 aromatic rings. The van der Waals surface area contributed by atoms with E-state index in [1.54, 1.807) is 31.2 Å². The van der Waals surface area contributed by atoms with Crippen LogP contribution in [0.1, 0.15) is 23.4 Å². The van der Waals surface area contributed by atoms with Crippen LogP contribution in [0.15, 0.2) is 36.5 Å². The minimum absolute atomic E-state index is 0.243. The number of nitrogens with zero attached hydrogens (tertiary/aromatic N) is 1. The van der Waals surface area contributed by atoms with Crippen molar-refractivity contribution in [1.82, 2.24) is 4.98 Å². The van der Waals surface area contributed by atoms with Crippen molar-refractivity contribution in [2.75, 3.05) is 0 Å². The summed E-state index contributed by atoms with van der Waals surface area (Å²) in [5.74, 6) is -0.243. The van der Waals surface area contributed by atoms with Gasteiger partial charge in [0.05, 0.1) is 26.7 Å². The molecule has 0 amide bonds. The van der Waals surface area contributed by atoms with Gasteiger partial charge in [-0.25, -0.2) is 8.42 Å². The maximum Gasteiger partial charge on any atom is 0.162 e. The molecule has 0 fully saturated rings. The first kappa shape index (κ1) is 16.6. The molecule has 1 heterocycles. The number of benzene rings is 1. The van der Waals surface area contributed by atoms with E-state index in [0.717, 1.165) is 0 Å². The van der Waals surface area contributed by atoms with E-state index in [9.17, 15) is 8.42 Å². The van der Waals surface area contributed by atoms with Crippen molar-refractivity contribution in [2.24, 2.45) is 0 Å². The third-order valence-corrected chi connectivity index (χ3v) is 5.91. The van der Waals surface area contributed by atoms with E-state index >= 15 is 0 Å². The molecule has 2 rings (SSSR count). The van der Waals surface area contributed by atoms with Gasteiger partial charge in [0.15, 0.2) is 9.84 Å². The fourth-order valence-corrected chi connectivity index (χ4v) is 3.89. The van der Waals surface area contributed by atoms with Crippen LogP contribution in [0.2, 0.25) is 15.1 Å². The lowest BCUT2D eigenvalue weighted by molar-refractivity contribution is 0.584. The highest BCUT2D eigenvalue weighted by Crippen LogP contribution is 2.28. The van der Waals surface area contributed by atoms with Crippen molar-refractivity contribution in [3.05, 3.63) is 62.9 Å². The number of halogens is 3. The molecule has 0 saturated heterocycles. The van der Waals surface area contributed by atoms with Crippen LogP contribution in [0, 0.1) is 0 Å². The lowest BCUT2D eigenvalue weighted by Gasteiger charge is -2.14. The van der Waals surface area contributed by atoms with Crippen LogP contribution in [-0.4, -0.2) is 13.4 Å². The van der Waals surface area contributed by atoms with Gasteiger partial charge < -0.3 is 0 Å². The first-order valence-electron chi connectivity index (χ1n) is 6.06. The lowest BCUT2D eigenvalue weighted by Crippen LogP contribution is -2.14. The van der Waals surface area contributed by atoms with Gasteiger partial charge in [-0.05, 0) is 30.7 Å². The maximum atomic E-state index is 12.5. The van der Waals surface area contributed by atoms with Crippen molar-refractivity contribution in [3.63, 3.8) is 0 Å². The molecule has 0 spiro atoms. The van der Waals surface area contributed by atoms with Crippen LogP contribution >= 0.6 is 34.8 Å². The van der Waals surface area contributed by atoms with Gasteiger partial charge in [0.2, 0.25) is 0 Å². The van der Waals surface area contributed by atoms with Gasteiger partial charge in [0.1, 0.15) is 0 Å². The molecule has 0 aliphatic carbocycles. The normalized spacial score (nSPS) is 13.1. The summed E-state index contributed by atoms with van der Waals surface area (Å²) in [7, 11) is -3.45. The van der Waals surface area contributed by atoms with Crippen LogP contribution in [0.4, 0.5) is 0 Å². The lowest BCUT2D eigenvalue weighted by atomic mass is 10.2.